The molecule has 0 bridgehead atoms. The van der Waals surface area contributed by atoms with Crippen LogP contribution >= 0.6 is 0 Å². The van der Waals surface area contributed by atoms with Gasteiger partial charge in [0.2, 0.25) is 0 Å². The fraction of sp³-hybridized carbons (Fsp3) is 0.0625. The van der Waals surface area contributed by atoms with Gasteiger partial charge in [-0.05, 0) is 29.2 Å². The summed E-state index contributed by atoms with van der Waals surface area (Å²) in [5, 5.41) is 0. The zero-order chi connectivity index (χ0) is 12.1. The fourth-order valence-corrected chi connectivity index (χ4v) is 1.89. The molecular weight excluding hydrogens is 208 g/mol. The summed E-state index contributed by atoms with van der Waals surface area (Å²) >= 11 is 0. The molecule has 2 rings (SSSR count). The topological polar surface area (TPSA) is 17.1 Å². The van der Waals surface area contributed by atoms with Crippen LogP contribution < -0.4 is 0 Å². The maximum Gasteiger partial charge on any atom is 0.146 e. The van der Waals surface area contributed by atoms with Gasteiger partial charge in [-0.1, -0.05) is 60.7 Å². The molecule has 0 aromatic heterocycles. The smallest absolute Gasteiger partial charge is 0.146 e. The summed E-state index contributed by atoms with van der Waals surface area (Å²) in [6, 6.07) is 20.0. The second-order valence-electron chi connectivity index (χ2n) is 3.91. The molecule has 0 fully saturated rings. The Bertz CT molecular complexity index is 482. The molecule has 0 saturated heterocycles. The lowest BCUT2D eigenvalue weighted by Crippen LogP contribution is -1.92. The Hall–Kier alpha value is -2.15. The standard InChI is InChI=1S/C16H14O/c1-13(12-17)16(14-8-4-2-5-9-14)15-10-6-3-7-11-15/h2-12H,1H3. The summed E-state index contributed by atoms with van der Waals surface area (Å²) in [6.07, 6.45) is 0.912. The zero-order valence-electron chi connectivity index (χ0n) is 9.76. The summed E-state index contributed by atoms with van der Waals surface area (Å²) in [4.78, 5) is 11.0. The minimum atomic E-state index is 0.752. The largest absolute Gasteiger partial charge is 0.298 e. The zero-order valence-corrected chi connectivity index (χ0v) is 9.76. The second kappa shape index (κ2) is 5.26. The van der Waals surface area contributed by atoms with Crippen LogP contribution in [0, 0.1) is 0 Å². The van der Waals surface area contributed by atoms with Crippen LogP contribution in [0.5, 0.6) is 0 Å². The van der Waals surface area contributed by atoms with Crippen molar-refractivity contribution in [1.82, 2.24) is 0 Å². The Morgan fingerprint density at radius 3 is 1.59 bits per heavy atom. The second-order valence-corrected chi connectivity index (χ2v) is 3.91. The summed E-state index contributed by atoms with van der Waals surface area (Å²) in [5.41, 5.74) is 3.90. The van der Waals surface area contributed by atoms with Crippen molar-refractivity contribution in [2.24, 2.45) is 0 Å². The van der Waals surface area contributed by atoms with Gasteiger partial charge in [-0.3, -0.25) is 4.79 Å². The van der Waals surface area contributed by atoms with Gasteiger partial charge < -0.3 is 0 Å². The monoisotopic (exact) mass is 222 g/mol. The van der Waals surface area contributed by atoms with E-state index < -0.39 is 0 Å². The third kappa shape index (κ3) is 2.51. The first-order valence-corrected chi connectivity index (χ1v) is 5.60. The van der Waals surface area contributed by atoms with Crippen molar-refractivity contribution in [2.75, 3.05) is 0 Å². The van der Waals surface area contributed by atoms with E-state index in [9.17, 15) is 4.79 Å². The third-order valence-corrected chi connectivity index (χ3v) is 2.70. The average molecular weight is 222 g/mol. The molecule has 1 nitrogen and oxygen atoms in total. The summed E-state index contributed by atoms with van der Waals surface area (Å²) in [5.74, 6) is 0. The number of aldehydes is 1. The molecule has 0 aliphatic rings. The molecule has 2 aromatic carbocycles. The number of benzene rings is 2. The number of allylic oxidation sites excluding steroid dienone is 1. The van der Waals surface area contributed by atoms with Crippen LogP contribution in [0.3, 0.4) is 0 Å². The van der Waals surface area contributed by atoms with Crippen molar-refractivity contribution in [2.45, 2.75) is 6.92 Å². The molecule has 1 heteroatoms. The number of hydrogen-bond acceptors (Lipinski definition) is 1. The Morgan fingerprint density at radius 2 is 1.24 bits per heavy atom. The van der Waals surface area contributed by atoms with E-state index in [1.807, 2.05) is 67.6 Å². The Morgan fingerprint density at radius 1 is 0.824 bits per heavy atom. The van der Waals surface area contributed by atoms with E-state index >= 15 is 0 Å². The fourth-order valence-electron chi connectivity index (χ4n) is 1.89. The minimum absolute atomic E-state index is 0.752. The molecule has 0 radical (unpaired) electrons. The number of carbonyl (C=O) groups is 1. The van der Waals surface area contributed by atoms with Crippen molar-refractivity contribution in [3.05, 3.63) is 77.4 Å². The normalized spacial score (nSPS) is 9.71. The molecule has 17 heavy (non-hydrogen) atoms. The first-order chi connectivity index (χ1) is 8.33. The van der Waals surface area contributed by atoms with E-state index in [1.165, 1.54) is 0 Å². The highest BCUT2D eigenvalue weighted by Crippen LogP contribution is 2.25. The Labute approximate surface area is 101 Å². The summed E-state index contributed by atoms with van der Waals surface area (Å²) in [7, 11) is 0. The van der Waals surface area contributed by atoms with Gasteiger partial charge >= 0.3 is 0 Å². The lowest BCUT2D eigenvalue weighted by Gasteiger charge is -2.09. The van der Waals surface area contributed by atoms with Gasteiger partial charge in [0.15, 0.2) is 0 Å². The highest BCUT2D eigenvalue weighted by Gasteiger charge is 2.07. The third-order valence-electron chi connectivity index (χ3n) is 2.70. The quantitative estimate of drug-likeness (QED) is 0.571. The SMILES string of the molecule is CC(C=O)=C(c1ccccc1)c1ccccc1. The van der Waals surface area contributed by atoms with Crippen LogP contribution in [-0.2, 0) is 4.79 Å². The number of hydrogen-bond donors (Lipinski definition) is 0. The van der Waals surface area contributed by atoms with Crippen molar-refractivity contribution < 1.29 is 4.79 Å². The number of rotatable bonds is 3. The molecule has 2 aromatic rings. The van der Waals surface area contributed by atoms with Gasteiger partial charge in [-0.25, -0.2) is 0 Å². The molecular formula is C16H14O. The van der Waals surface area contributed by atoms with E-state index in [0.717, 1.165) is 28.6 Å². The van der Waals surface area contributed by atoms with E-state index in [2.05, 4.69) is 0 Å². The Kier molecular flexibility index (Phi) is 3.51. The predicted molar refractivity (Wildman–Crippen MR) is 70.6 cm³/mol. The average Bonchev–Trinajstić information content (AvgIpc) is 2.41. The maximum absolute atomic E-state index is 11.0. The van der Waals surface area contributed by atoms with Crippen LogP contribution in [0.15, 0.2) is 66.2 Å². The predicted octanol–water partition coefficient (Wildman–Crippen LogP) is 3.71. The highest BCUT2D eigenvalue weighted by molar-refractivity contribution is 5.94. The van der Waals surface area contributed by atoms with Gasteiger partial charge in [0.25, 0.3) is 0 Å². The lowest BCUT2D eigenvalue weighted by atomic mass is 9.94. The van der Waals surface area contributed by atoms with Gasteiger partial charge in [-0.2, -0.15) is 0 Å². The van der Waals surface area contributed by atoms with Gasteiger partial charge in [0, 0.05) is 0 Å². The molecule has 0 saturated carbocycles. The minimum Gasteiger partial charge on any atom is -0.298 e. The molecule has 0 heterocycles. The van der Waals surface area contributed by atoms with E-state index in [-0.39, 0.29) is 0 Å². The molecule has 0 aliphatic carbocycles. The number of carbonyl (C=O) groups excluding carboxylic acids is 1. The maximum atomic E-state index is 11.0. The molecule has 0 N–H and O–H groups in total. The van der Waals surface area contributed by atoms with Gasteiger partial charge in [0.1, 0.15) is 6.29 Å². The Balaban J connectivity index is 2.60. The molecule has 0 atom stereocenters. The van der Waals surface area contributed by atoms with Gasteiger partial charge in [0.05, 0.1) is 0 Å². The van der Waals surface area contributed by atoms with E-state index in [0.29, 0.717) is 0 Å². The van der Waals surface area contributed by atoms with Crippen molar-refractivity contribution >= 4 is 11.9 Å². The van der Waals surface area contributed by atoms with Crippen molar-refractivity contribution in [3.8, 4) is 0 Å². The van der Waals surface area contributed by atoms with Gasteiger partial charge in [-0.15, -0.1) is 0 Å². The van der Waals surface area contributed by atoms with E-state index in [1.54, 1.807) is 0 Å². The lowest BCUT2D eigenvalue weighted by molar-refractivity contribution is -0.104. The van der Waals surface area contributed by atoms with E-state index in [4.69, 9.17) is 0 Å². The summed E-state index contributed by atoms with van der Waals surface area (Å²) in [6.45, 7) is 1.85. The molecule has 0 amide bonds. The van der Waals surface area contributed by atoms with Crippen LogP contribution in [0.1, 0.15) is 18.1 Å². The summed E-state index contributed by atoms with van der Waals surface area (Å²) < 4.78 is 0. The first-order valence-electron chi connectivity index (χ1n) is 5.60. The van der Waals surface area contributed by atoms with Crippen LogP contribution in [0.25, 0.3) is 5.57 Å². The van der Waals surface area contributed by atoms with Crippen molar-refractivity contribution in [1.29, 1.82) is 0 Å². The highest BCUT2D eigenvalue weighted by atomic mass is 16.1. The molecule has 84 valence electrons. The van der Waals surface area contributed by atoms with Crippen molar-refractivity contribution in [3.63, 3.8) is 0 Å². The molecule has 0 unspecified atom stereocenters. The molecule has 0 spiro atoms. The van der Waals surface area contributed by atoms with Crippen LogP contribution in [0.2, 0.25) is 0 Å². The first kappa shape index (κ1) is 11.3. The van der Waals surface area contributed by atoms with Crippen LogP contribution in [-0.4, -0.2) is 6.29 Å². The van der Waals surface area contributed by atoms with Crippen LogP contribution in [0.4, 0.5) is 0 Å². The molecule has 0 aliphatic heterocycles.